The van der Waals surface area contributed by atoms with Crippen LogP contribution >= 0.6 is 0 Å². The van der Waals surface area contributed by atoms with Crippen molar-refractivity contribution in [2.75, 3.05) is 0 Å². The predicted octanol–water partition coefficient (Wildman–Crippen LogP) is 1.31. The Morgan fingerprint density at radius 2 is 2.00 bits per heavy atom. The Balaban J connectivity index is 2.95. The Morgan fingerprint density at radius 1 is 1.21 bits per heavy atom. The van der Waals surface area contributed by atoms with Gasteiger partial charge in [0.05, 0.1) is 5.56 Å². The van der Waals surface area contributed by atoms with Crippen molar-refractivity contribution in [3.05, 3.63) is 40.2 Å². The summed E-state index contributed by atoms with van der Waals surface area (Å²) in [5, 5.41) is 9.76. The van der Waals surface area contributed by atoms with E-state index in [0.717, 1.165) is 0 Å². The summed E-state index contributed by atoms with van der Waals surface area (Å²) in [5.74, 6) is -0.124. The molecule has 2 rings (SSSR count). The molecule has 1 aromatic carbocycles. The lowest BCUT2D eigenvalue weighted by Crippen LogP contribution is -1.96. The highest BCUT2D eigenvalue weighted by molar-refractivity contribution is 5.98. The number of aromatic hydroxyl groups is 1. The van der Waals surface area contributed by atoms with E-state index in [1.54, 1.807) is 0 Å². The van der Waals surface area contributed by atoms with Crippen molar-refractivity contribution in [3.8, 4) is 5.75 Å². The van der Waals surface area contributed by atoms with E-state index in [9.17, 15) is 14.7 Å². The molecule has 0 aliphatic heterocycles. The van der Waals surface area contributed by atoms with E-state index in [1.807, 2.05) is 0 Å². The van der Waals surface area contributed by atoms with Crippen LogP contribution < -0.4 is 5.63 Å². The molecule has 0 radical (unpaired) electrons. The van der Waals surface area contributed by atoms with Crippen LogP contribution in [0.2, 0.25) is 0 Å². The van der Waals surface area contributed by atoms with Crippen LogP contribution in [0, 0.1) is 0 Å². The molecule has 1 N–H and O–H groups in total. The van der Waals surface area contributed by atoms with Gasteiger partial charge >= 0.3 is 5.63 Å². The van der Waals surface area contributed by atoms with Crippen molar-refractivity contribution in [1.29, 1.82) is 0 Å². The highest BCUT2D eigenvalue weighted by atomic mass is 16.4. The molecule has 14 heavy (non-hydrogen) atoms. The Bertz CT molecular complexity index is 554. The molecular formula is C10H6O4. The van der Waals surface area contributed by atoms with Gasteiger partial charge in [-0.3, -0.25) is 4.79 Å². The SMILES string of the molecule is O=Cc1c(O)ccc2oc(=O)ccc12. The van der Waals surface area contributed by atoms with Crippen molar-refractivity contribution in [2.45, 2.75) is 0 Å². The van der Waals surface area contributed by atoms with Crippen molar-refractivity contribution < 1.29 is 14.3 Å². The van der Waals surface area contributed by atoms with Gasteiger partial charge in [-0.05, 0) is 18.2 Å². The maximum Gasteiger partial charge on any atom is 0.336 e. The maximum absolute atomic E-state index is 10.9. The third-order valence-electron chi connectivity index (χ3n) is 1.94. The van der Waals surface area contributed by atoms with Gasteiger partial charge in [-0.15, -0.1) is 0 Å². The van der Waals surface area contributed by atoms with E-state index in [4.69, 9.17) is 4.42 Å². The van der Waals surface area contributed by atoms with Gasteiger partial charge in [-0.2, -0.15) is 0 Å². The summed E-state index contributed by atoms with van der Waals surface area (Å²) in [6, 6.07) is 5.41. The third kappa shape index (κ3) is 1.17. The second-order valence-corrected chi connectivity index (χ2v) is 2.78. The molecule has 0 spiro atoms. The molecule has 0 aliphatic rings. The average Bonchev–Trinajstić information content (AvgIpc) is 2.18. The summed E-state index contributed by atoms with van der Waals surface area (Å²) < 4.78 is 4.83. The van der Waals surface area contributed by atoms with Gasteiger partial charge in [0, 0.05) is 11.5 Å². The van der Waals surface area contributed by atoms with E-state index in [1.165, 1.54) is 24.3 Å². The van der Waals surface area contributed by atoms with Crippen LogP contribution in [0.4, 0.5) is 0 Å². The van der Waals surface area contributed by atoms with Gasteiger partial charge < -0.3 is 9.52 Å². The number of hydrogen-bond donors (Lipinski definition) is 1. The zero-order valence-electron chi connectivity index (χ0n) is 7.06. The summed E-state index contributed by atoms with van der Waals surface area (Å²) in [4.78, 5) is 21.5. The molecule has 0 bridgehead atoms. The van der Waals surface area contributed by atoms with Crippen molar-refractivity contribution in [1.82, 2.24) is 0 Å². The summed E-state index contributed by atoms with van der Waals surface area (Å²) in [6.45, 7) is 0. The Kier molecular flexibility index (Phi) is 1.81. The first-order chi connectivity index (χ1) is 6.72. The topological polar surface area (TPSA) is 67.5 Å². The fraction of sp³-hybridized carbons (Fsp3) is 0. The van der Waals surface area contributed by atoms with Crippen LogP contribution in [0.1, 0.15) is 10.4 Å². The number of hydrogen-bond acceptors (Lipinski definition) is 4. The zero-order valence-corrected chi connectivity index (χ0v) is 7.06. The maximum atomic E-state index is 10.9. The molecule has 0 saturated heterocycles. The third-order valence-corrected chi connectivity index (χ3v) is 1.94. The molecule has 4 nitrogen and oxygen atoms in total. The molecule has 70 valence electrons. The van der Waals surface area contributed by atoms with Crippen molar-refractivity contribution in [3.63, 3.8) is 0 Å². The number of phenolic OH excluding ortho intramolecular Hbond substituents is 1. The quantitative estimate of drug-likeness (QED) is 0.543. The van der Waals surface area contributed by atoms with E-state index >= 15 is 0 Å². The molecule has 0 fully saturated rings. The van der Waals surface area contributed by atoms with Crippen LogP contribution in [-0.2, 0) is 0 Å². The van der Waals surface area contributed by atoms with Gasteiger partial charge in [0.1, 0.15) is 11.3 Å². The Labute approximate surface area is 78.4 Å². The second kappa shape index (κ2) is 2.99. The summed E-state index contributed by atoms with van der Waals surface area (Å²) >= 11 is 0. The van der Waals surface area contributed by atoms with E-state index in [-0.39, 0.29) is 16.9 Å². The molecule has 4 heteroatoms. The van der Waals surface area contributed by atoms with Gasteiger partial charge in [-0.25, -0.2) is 4.79 Å². The van der Waals surface area contributed by atoms with Gasteiger partial charge in [0.15, 0.2) is 6.29 Å². The van der Waals surface area contributed by atoms with Crippen molar-refractivity contribution in [2.24, 2.45) is 0 Å². The highest BCUT2D eigenvalue weighted by Crippen LogP contribution is 2.24. The minimum atomic E-state index is -0.486. The van der Waals surface area contributed by atoms with Gasteiger partial charge in [0.25, 0.3) is 0 Å². The van der Waals surface area contributed by atoms with Gasteiger partial charge in [-0.1, -0.05) is 0 Å². The van der Waals surface area contributed by atoms with Crippen LogP contribution in [0.25, 0.3) is 11.0 Å². The molecule has 2 aromatic rings. The average molecular weight is 190 g/mol. The van der Waals surface area contributed by atoms with E-state index in [2.05, 4.69) is 0 Å². The normalized spacial score (nSPS) is 10.3. The van der Waals surface area contributed by atoms with Crippen LogP contribution in [0.15, 0.2) is 33.5 Å². The molecule has 0 saturated carbocycles. The first-order valence-electron chi connectivity index (χ1n) is 3.93. The second-order valence-electron chi connectivity index (χ2n) is 2.78. The molecule has 0 amide bonds. The Hall–Kier alpha value is -2.10. The molecular weight excluding hydrogens is 184 g/mol. The molecule has 0 atom stereocenters. The van der Waals surface area contributed by atoms with E-state index < -0.39 is 5.63 Å². The van der Waals surface area contributed by atoms with Crippen molar-refractivity contribution >= 4 is 17.3 Å². The number of fused-ring (bicyclic) bond motifs is 1. The van der Waals surface area contributed by atoms with Gasteiger partial charge in [0.2, 0.25) is 0 Å². The number of carbonyl (C=O) groups is 1. The summed E-state index contributed by atoms with van der Waals surface area (Å²) in [7, 11) is 0. The summed E-state index contributed by atoms with van der Waals surface area (Å²) in [5.41, 5.74) is -0.0660. The molecule has 0 unspecified atom stereocenters. The lowest BCUT2D eigenvalue weighted by atomic mass is 10.1. The molecule has 0 aliphatic carbocycles. The standard InChI is InChI=1S/C10H6O4/c11-5-7-6-1-4-10(13)14-9(6)3-2-8(7)12/h1-5,12H. The fourth-order valence-electron chi connectivity index (χ4n) is 1.28. The summed E-state index contributed by atoms with van der Waals surface area (Å²) in [6.07, 6.45) is 0.525. The zero-order chi connectivity index (χ0) is 10.1. The largest absolute Gasteiger partial charge is 0.507 e. The highest BCUT2D eigenvalue weighted by Gasteiger charge is 2.07. The van der Waals surface area contributed by atoms with Crippen LogP contribution in [0.5, 0.6) is 5.75 Å². The number of rotatable bonds is 1. The van der Waals surface area contributed by atoms with Crippen LogP contribution in [-0.4, -0.2) is 11.4 Å². The first-order valence-corrected chi connectivity index (χ1v) is 3.93. The van der Waals surface area contributed by atoms with Crippen LogP contribution in [0.3, 0.4) is 0 Å². The lowest BCUT2D eigenvalue weighted by molar-refractivity contribution is 0.112. The number of benzene rings is 1. The number of carbonyl (C=O) groups excluding carboxylic acids is 1. The number of aldehydes is 1. The minimum absolute atomic E-state index is 0.124. The van der Waals surface area contributed by atoms with E-state index in [0.29, 0.717) is 11.7 Å². The predicted molar refractivity (Wildman–Crippen MR) is 49.5 cm³/mol. The molecule has 1 heterocycles. The minimum Gasteiger partial charge on any atom is -0.507 e. The monoisotopic (exact) mass is 190 g/mol. The lowest BCUT2D eigenvalue weighted by Gasteiger charge is -2.00. The molecule has 1 aromatic heterocycles. The number of phenols is 1. The first kappa shape index (κ1) is 8.50. The Morgan fingerprint density at radius 3 is 2.71 bits per heavy atom. The smallest absolute Gasteiger partial charge is 0.336 e. The fourth-order valence-corrected chi connectivity index (χ4v) is 1.28.